The molecule has 5 nitrogen and oxygen atoms in total. The molecule has 0 bridgehead atoms. The Labute approximate surface area is 86.5 Å². The van der Waals surface area contributed by atoms with E-state index in [9.17, 15) is 14.9 Å². The lowest BCUT2D eigenvalue weighted by Gasteiger charge is -2.00. The Balaban J connectivity index is 2.92. The van der Waals surface area contributed by atoms with E-state index >= 15 is 0 Å². The van der Waals surface area contributed by atoms with E-state index in [-0.39, 0.29) is 30.1 Å². The molecular weight excluding hydrogens is 198 g/mol. The summed E-state index contributed by atoms with van der Waals surface area (Å²) in [7, 11) is 0. The third-order valence-electron chi connectivity index (χ3n) is 1.96. The number of rotatable bonds is 5. The summed E-state index contributed by atoms with van der Waals surface area (Å²) in [5.74, 6) is -0.309. The van der Waals surface area contributed by atoms with Crippen LogP contribution in [0.3, 0.4) is 0 Å². The molecule has 0 aliphatic rings. The Morgan fingerprint density at radius 1 is 1.40 bits per heavy atom. The zero-order valence-electron chi connectivity index (χ0n) is 8.05. The number of hydrogen-bond acceptors (Lipinski definition) is 4. The number of hydrogen-bond donors (Lipinski definition) is 1. The van der Waals surface area contributed by atoms with Gasteiger partial charge in [0.2, 0.25) is 0 Å². The topological polar surface area (TPSA) is 80.4 Å². The molecule has 0 unspecified atom stereocenters. The van der Waals surface area contributed by atoms with Crippen LogP contribution in [0.1, 0.15) is 23.2 Å². The van der Waals surface area contributed by atoms with Gasteiger partial charge in [0.05, 0.1) is 10.5 Å². The van der Waals surface area contributed by atoms with Gasteiger partial charge in [-0.2, -0.15) is 0 Å². The van der Waals surface area contributed by atoms with Crippen molar-refractivity contribution in [3.63, 3.8) is 0 Å². The number of aliphatic hydroxyl groups is 1. The minimum absolute atomic E-state index is 0.0909. The van der Waals surface area contributed by atoms with Gasteiger partial charge in [0.1, 0.15) is 0 Å². The number of nitro groups is 1. The van der Waals surface area contributed by atoms with Gasteiger partial charge in [0.25, 0.3) is 5.69 Å². The zero-order chi connectivity index (χ0) is 11.3. The molecule has 0 aliphatic carbocycles. The quantitative estimate of drug-likeness (QED) is 0.453. The fraction of sp³-hybridized carbons (Fsp3) is 0.300. The lowest BCUT2D eigenvalue weighted by atomic mass is 10.1. The lowest BCUT2D eigenvalue weighted by molar-refractivity contribution is -0.385. The predicted octanol–water partition coefficient (Wildman–Crippen LogP) is 1.55. The van der Waals surface area contributed by atoms with Gasteiger partial charge in [0, 0.05) is 19.1 Å². The molecule has 15 heavy (non-hydrogen) atoms. The standard InChI is InChI=1S/C10H11NO4/c12-7-3-6-10(13)8-4-1-2-5-9(8)11(14)15/h1-2,4-5,12H,3,6-7H2. The smallest absolute Gasteiger partial charge is 0.280 e. The molecule has 1 aromatic carbocycles. The van der Waals surface area contributed by atoms with Crippen molar-refractivity contribution in [2.24, 2.45) is 0 Å². The second-order valence-corrected chi connectivity index (χ2v) is 3.02. The van der Waals surface area contributed by atoms with E-state index in [4.69, 9.17) is 5.11 Å². The number of benzene rings is 1. The molecular formula is C10H11NO4. The molecule has 0 atom stereocenters. The highest BCUT2D eigenvalue weighted by atomic mass is 16.6. The van der Waals surface area contributed by atoms with Gasteiger partial charge in [-0.05, 0) is 12.5 Å². The third-order valence-corrected chi connectivity index (χ3v) is 1.96. The Kier molecular flexibility index (Phi) is 3.93. The largest absolute Gasteiger partial charge is 0.396 e. The van der Waals surface area contributed by atoms with E-state index in [2.05, 4.69) is 0 Å². The van der Waals surface area contributed by atoms with Crippen LogP contribution in [-0.2, 0) is 0 Å². The molecule has 80 valence electrons. The first-order chi connectivity index (χ1) is 7.16. The maximum absolute atomic E-state index is 11.5. The van der Waals surface area contributed by atoms with Crippen molar-refractivity contribution in [2.75, 3.05) is 6.61 Å². The van der Waals surface area contributed by atoms with Crippen LogP contribution in [-0.4, -0.2) is 22.4 Å². The van der Waals surface area contributed by atoms with E-state index < -0.39 is 4.92 Å². The summed E-state index contributed by atoms with van der Waals surface area (Å²) in [5, 5.41) is 19.2. The van der Waals surface area contributed by atoms with E-state index in [1.807, 2.05) is 0 Å². The SMILES string of the molecule is O=C(CCCO)c1ccccc1[N+](=O)[O-]. The number of Topliss-reactive ketones (excluding diaryl/α,β-unsaturated/α-hetero) is 1. The minimum atomic E-state index is -0.577. The molecule has 1 aromatic rings. The Hall–Kier alpha value is -1.75. The van der Waals surface area contributed by atoms with Crippen molar-refractivity contribution in [1.82, 2.24) is 0 Å². The minimum Gasteiger partial charge on any atom is -0.396 e. The maximum atomic E-state index is 11.5. The van der Waals surface area contributed by atoms with E-state index in [0.29, 0.717) is 6.42 Å². The van der Waals surface area contributed by atoms with Gasteiger partial charge in [0.15, 0.2) is 5.78 Å². The van der Waals surface area contributed by atoms with Gasteiger partial charge in [-0.3, -0.25) is 14.9 Å². The molecule has 0 heterocycles. The van der Waals surface area contributed by atoms with Crippen molar-refractivity contribution < 1.29 is 14.8 Å². The average molecular weight is 209 g/mol. The van der Waals surface area contributed by atoms with Crippen molar-refractivity contribution in [3.05, 3.63) is 39.9 Å². The Morgan fingerprint density at radius 3 is 2.67 bits per heavy atom. The van der Waals surface area contributed by atoms with Crippen molar-refractivity contribution in [1.29, 1.82) is 0 Å². The molecule has 5 heteroatoms. The van der Waals surface area contributed by atoms with Crippen molar-refractivity contribution in [3.8, 4) is 0 Å². The number of ketones is 1. The summed E-state index contributed by atoms with van der Waals surface area (Å²) in [4.78, 5) is 21.5. The summed E-state index contributed by atoms with van der Waals surface area (Å²) >= 11 is 0. The molecule has 0 saturated carbocycles. The fourth-order valence-corrected chi connectivity index (χ4v) is 1.24. The third kappa shape index (κ3) is 2.85. The highest BCUT2D eigenvalue weighted by molar-refractivity contribution is 5.99. The summed E-state index contributed by atoms with van der Waals surface area (Å²) in [6.07, 6.45) is 0.451. The normalized spacial score (nSPS) is 9.93. The molecule has 1 rings (SSSR count). The van der Waals surface area contributed by atoms with Gasteiger partial charge in [-0.15, -0.1) is 0 Å². The van der Waals surface area contributed by atoms with Crippen LogP contribution in [0, 0.1) is 10.1 Å². The first kappa shape index (κ1) is 11.3. The average Bonchev–Trinajstić information content (AvgIpc) is 2.25. The summed E-state index contributed by atoms with van der Waals surface area (Å²) in [6.45, 7) is -0.0909. The summed E-state index contributed by atoms with van der Waals surface area (Å²) < 4.78 is 0. The van der Waals surface area contributed by atoms with Crippen molar-refractivity contribution >= 4 is 11.5 Å². The molecule has 0 spiro atoms. The van der Waals surface area contributed by atoms with Gasteiger partial charge >= 0.3 is 0 Å². The number of carbonyl (C=O) groups is 1. The van der Waals surface area contributed by atoms with Crippen LogP contribution in [0.15, 0.2) is 24.3 Å². The van der Waals surface area contributed by atoms with Crippen LogP contribution < -0.4 is 0 Å². The van der Waals surface area contributed by atoms with Crippen molar-refractivity contribution in [2.45, 2.75) is 12.8 Å². The lowest BCUT2D eigenvalue weighted by Crippen LogP contribution is -2.04. The molecule has 0 radical (unpaired) electrons. The van der Waals surface area contributed by atoms with Crippen LogP contribution in [0.25, 0.3) is 0 Å². The molecule has 1 N–H and O–H groups in total. The molecule has 0 fully saturated rings. The number of nitrogens with zero attached hydrogens (tertiary/aromatic N) is 1. The first-order valence-electron chi connectivity index (χ1n) is 4.54. The van der Waals surface area contributed by atoms with Crippen LogP contribution >= 0.6 is 0 Å². The summed E-state index contributed by atoms with van der Waals surface area (Å²) in [5.41, 5.74) is -0.0728. The monoisotopic (exact) mass is 209 g/mol. The zero-order valence-corrected chi connectivity index (χ0v) is 8.05. The second kappa shape index (κ2) is 5.21. The van der Waals surface area contributed by atoms with Gasteiger partial charge in [-0.25, -0.2) is 0 Å². The van der Waals surface area contributed by atoms with E-state index in [0.717, 1.165) is 0 Å². The Morgan fingerprint density at radius 2 is 2.07 bits per heavy atom. The molecule has 0 amide bonds. The molecule has 0 aromatic heterocycles. The van der Waals surface area contributed by atoms with Crippen LogP contribution in [0.5, 0.6) is 0 Å². The first-order valence-corrected chi connectivity index (χ1v) is 4.54. The van der Waals surface area contributed by atoms with Gasteiger partial charge in [-0.1, -0.05) is 12.1 Å². The number of carbonyl (C=O) groups excluding carboxylic acids is 1. The second-order valence-electron chi connectivity index (χ2n) is 3.02. The maximum Gasteiger partial charge on any atom is 0.280 e. The van der Waals surface area contributed by atoms with Crippen LogP contribution in [0.2, 0.25) is 0 Å². The van der Waals surface area contributed by atoms with E-state index in [1.54, 1.807) is 6.07 Å². The fourth-order valence-electron chi connectivity index (χ4n) is 1.24. The highest BCUT2D eigenvalue weighted by Crippen LogP contribution is 2.19. The van der Waals surface area contributed by atoms with Crippen LogP contribution in [0.4, 0.5) is 5.69 Å². The number of para-hydroxylation sites is 1. The van der Waals surface area contributed by atoms with E-state index in [1.165, 1.54) is 18.2 Å². The molecule has 0 aliphatic heterocycles. The Bertz CT molecular complexity index is 375. The summed E-state index contributed by atoms with van der Waals surface area (Å²) in [6, 6.07) is 5.82. The highest BCUT2D eigenvalue weighted by Gasteiger charge is 2.18. The molecule has 0 saturated heterocycles. The predicted molar refractivity (Wildman–Crippen MR) is 53.7 cm³/mol. The van der Waals surface area contributed by atoms with Gasteiger partial charge < -0.3 is 5.11 Å². The number of nitro benzene ring substituents is 1. The number of aliphatic hydroxyl groups excluding tert-OH is 1.